The Morgan fingerprint density at radius 3 is 2.45 bits per heavy atom. The molecule has 0 unspecified atom stereocenters. The number of nitrogens with zero attached hydrogens (tertiary/aromatic N) is 2. The summed E-state index contributed by atoms with van der Waals surface area (Å²) in [5, 5.41) is 12.1. The second-order valence-corrected chi connectivity index (χ2v) is 6.00. The van der Waals surface area contributed by atoms with Crippen LogP contribution in [0.5, 0.6) is 0 Å². The molecule has 0 radical (unpaired) electrons. The molecule has 5 heteroatoms. The quantitative estimate of drug-likeness (QED) is 0.802. The van der Waals surface area contributed by atoms with Gasteiger partial charge in [0.25, 0.3) is 0 Å². The van der Waals surface area contributed by atoms with E-state index in [1.54, 1.807) is 4.90 Å². The lowest BCUT2D eigenvalue weighted by atomic mass is 10.0. The highest BCUT2D eigenvalue weighted by atomic mass is 16.3. The first-order valence-electron chi connectivity index (χ1n) is 8.15. The van der Waals surface area contributed by atoms with Crippen molar-refractivity contribution in [1.29, 1.82) is 0 Å². The zero-order valence-corrected chi connectivity index (χ0v) is 12.7. The fourth-order valence-corrected chi connectivity index (χ4v) is 3.47. The molecule has 0 aromatic heterocycles. The van der Waals surface area contributed by atoms with Gasteiger partial charge in [-0.05, 0) is 32.6 Å². The molecule has 116 valence electrons. The Morgan fingerprint density at radius 2 is 1.90 bits per heavy atom. The zero-order chi connectivity index (χ0) is 14.4. The minimum absolute atomic E-state index is 0.0270. The van der Waals surface area contributed by atoms with Crippen LogP contribution in [0.3, 0.4) is 0 Å². The molecule has 2 rings (SSSR count). The van der Waals surface area contributed by atoms with Gasteiger partial charge in [0.15, 0.2) is 0 Å². The molecule has 0 aromatic rings. The van der Waals surface area contributed by atoms with Crippen LogP contribution in [0.15, 0.2) is 0 Å². The van der Waals surface area contributed by atoms with Crippen molar-refractivity contribution in [3.8, 4) is 0 Å². The highest BCUT2D eigenvalue weighted by Crippen LogP contribution is 2.26. The first-order valence-corrected chi connectivity index (χ1v) is 8.15. The van der Waals surface area contributed by atoms with Crippen molar-refractivity contribution < 1.29 is 9.90 Å². The SMILES string of the molecule is CCN(CCO)C(=O)NC1CCN(C2CCCC2)CC1. The minimum Gasteiger partial charge on any atom is -0.395 e. The smallest absolute Gasteiger partial charge is 0.317 e. The van der Waals surface area contributed by atoms with Crippen LogP contribution in [0.1, 0.15) is 45.4 Å². The monoisotopic (exact) mass is 283 g/mol. The summed E-state index contributed by atoms with van der Waals surface area (Å²) in [5.41, 5.74) is 0. The van der Waals surface area contributed by atoms with Gasteiger partial charge in [0, 0.05) is 38.3 Å². The molecule has 20 heavy (non-hydrogen) atoms. The van der Waals surface area contributed by atoms with E-state index in [0.717, 1.165) is 32.0 Å². The lowest BCUT2D eigenvalue weighted by Gasteiger charge is -2.36. The van der Waals surface area contributed by atoms with Gasteiger partial charge in [-0.1, -0.05) is 12.8 Å². The largest absolute Gasteiger partial charge is 0.395 e. The predicted octanol–water partition coefficient (Wildman–Crippen LogP) is 1.42. The van der Waals surface area contributed by atoms with Crippen molar-refractivity contribution in [2.75, 3.05) is 32.8 Å². The maximum atomic E-state index is 12.1. The number of rotatable bonds is 5. The van der Waals surface area contributed by atoms with E-state index in [2.05, 4.69) is 10.2 Å². The Hall–Kier alpha value is -0.810. The van der Waals surface area contributed by atoms with E-state index in [1.165, 1.54) is 25.7 Å². The van der Waals surface area contributed by atoms with Crippen LogP contribution < -0.4 is 5.32 Å². The van der Waals surface area contributed by atoms with Gasteiger partial charge in [0.2, 0.25) is 0 Å². The fourth-order valence-electron chi connectivity index (χ4n) is 3.47. The summed E-state index contributed by atoms with van der Waals surface area (Å²) >= 11 is 0. The summed E-state index contributed by atoms with van der Waals surface area (Å²) in [6, 6.07) is 1.07. The molecule has 0 atom stereocenters. The van der Waals surface area contributed by atoms with Gasteiger partial charge in [0.1, 0.15) is 0 Å². The van der Waals surface area contributed by atoms with Crippen molar-refractivity contribution in [2.45, 2.75) is 57.5 Å². The maximum absolute atomic E-state index is 12.1. The van der Waals surface area contributed by atoms with Crippen molar-refractivity contribution in [1.82, 2.24) is 15.1 Å². The van der Waals surface area contributed by atoms with E-state index in [4.69, 9.17) is 5.11 Å². The van der Waals surface area contributed by atoms with Crippen LogP contribution in [0, 0.1) is 0 Å². The molecular weight excluding hydrogens is 254 g/mol. The number of amides is 2. The lowest BCUT2D eigenvalue weighted by molar-refractivity contribution is 0.137. The summed E-state index contributed by atoms with van der Waals surface area (Å²) in [5.74, 6) is 0. The summed E-state index contributed by atoms with van der Waals surface area (Å²) in [6.45, 7) is 5.26. The number of aliphatic hydroxyl groups excluding tert-OH is 1. The molecule has 2 N–H and O–H groups in total. The Balaban J connectivity index is 1.71. The van der Waals surface area contributed by atoms with Gasteiger partial charge >= 0.3 is 6.03 Å². The van der Waals surface area contributed by atoms with Crippen molar-refractivity contribution in [3.05, 3.63) is 0 Å². The normalized spacial score (nSPS) is 22.1. The van der Waals surface area contributed by atoms with Crippen LogP contribution in [-0.2, 0) is 0 Å². The number of nitrogens with one attached hydrogen (secondary N) is 1. The fraction of sp³-hybridized carbons (Fsp3) is 0.933. The summed E-state index contributed by atoms with van der Waals surface area (Å²) < 4.78 is 0. The summed E-state index contributed by atoms with van der Waals surface area (Å²) in [6.07, 6.45) is 7.59. The number of likely N-dealkylation sites (tertiary alicyclic amines) is 1. The molecule has 1 aliphatic carbocycles. The second-order valence-electron chi connectivity index (χ2n) is 6.00. The van der Waals surface area contributed by atoms with E-state index in [0.29, 0.717) is 19.1 Å². The highest BCUT2D eigenvalue weighted by molar-refractivity contribution is 5.74. The van der Waals surface area contributed by atoms with Gasteiger partial charge < -0.3 is 20.2 Å². The van der Waals surface area contributed by atoms with Gasteiger partial charge in [-0.15, -0.1) is 0 Å². The number of carbonyl (C=O) groups excluding carboxylic acids is 1. The third kappa shape index (κ3) is 4.09. The molecule has 5 nitrogen and oxygen atoms in total. The first-order chi connectivity index (χ1) is 9.74. The molecule has 1 saturated heterocycles. The Bertz CT molecular complexity index is 297. The van der Waals surface area contributed by atoms with E-state index >= 15 is 0 Å². The van der Waals surface area contributed by atoms with Gasteiger partial charge in [-0.3, -0.25) is 0 Å². The number of hydrogen-bond donors (Lipinski definition) is 2. The Morgan fingerprint density at radius 1 is 1.25 bits per heavy atom. The predicted molar refractivity (Wildman–Crippen MR) is 79.7 cm³/mol. The Labute approximate surface area is 122 Å². The minimum atomic E-state index is -0.0270. The first kappa shape index (κ1) is 15.6. The number of urea groups is 1. The molecule has 0 bridgehead atoms. The van der Waals surface area contributed by atoms with E-state index in [1.807, 2.05) is 6.92 Å². The van der Waals surface area contributed by atoms with Gasteiger partial charge in [0.05, 0.1) is 6.61 Å². The summed E-state index contributed by atoms with van der Waals surface area (Å²) in [4.78, 5) is 16.3. The van der Waals surface area contributed by atoms with E-state index < -0.39 is 0 Å². The topological polar surface area (TPSA) is 55.8 Å². The lowest BCUT2D eigenvalue weighted by Crippen LogP contribution is -2.51. The molecule has 2 fully saturated rings. The van der Waals surface area contributed by atoms with E-state index in [9.17, 15) is 4.79 Å². The molecule has 1 heterocycles. The van der Waals surface area contributed by atoms with Crippen LogP contribution in [0.25, 0.3) is 0 Å². The highest BCUT2D eigenvalue weighted by Gasteiger charge is 2.28. The van der Waals surface area contributed by atoms with Crippen molar-refractivity contribution in [3.63, 3.8) is 0 Å². The standard InChI is InChI=1S/C15H29N3O2/c1-2-17(11-12-19)15(20)16-13-7-9-18(10-8-13)14-5-3-4-6-14/h13-14,19H,2-12H2,1H3,(H,16,20). The van der Waals surface area contributed by atoms with Gasteiger partial charge in [-0.2, -0.15) is 0 Å². The Kier molecular flexibility index (Phi) is 6.10. The van der Waals surface area contributed by atoms with Crippen LogP contribution >= 0.6 is 0 Å². The van der Waals surface area contributed by atoms with Crippen molar-refractivity contribution in [2.24, 2.45) is 0 Å². The van der Waals surface area contributed by atoms with E-state index in [-0.39, 0.29) is 12.6 Å². The number of hydrogen-bond acceptors (Lipinski definition) is 3. The number of likely N-dealkylation sites (N-methyl/N-ethyl adjacent to an activating group) is 1. The van der Waals surface area contributed by atoms with Crippen LogP contribution in [-0.4, -0.2) is 65.8 Å². The third-order valence-corrected chi connectivity index (χ3v) is 4.74. The van der Waals surface area contributed by atoms with Crippen LogP contribution in [0.2, 0.25) is 0 Å². The number of piperidine rings is 1. The van der Waals surface area contributed by atoms with Crippen LogP contribution in [0.4, 0.5) is 4.79 Å². The average Bonchev–Trinajstić information content (AvgIpc) is 2.99. The molecule has 2 amide bonds. The molecule has 2 aliphatic rings. The zero-order valence-electron chi connectivity index (χ0n) is 12.7. The molecule has 1 aliphatic heterocycles. The molecule has 0 spiro atoms. The molecule has 0 aromatic carbocycles. The molecular formula is C15H29N3O2. The second kappa shape index (κ2) is 7.84. The maximum Gasteiger partial charge on any atom is 0.317 e. The summed E-state index contributed by atoms with van der Waals surface area (Å²) in [7, 11) is 0. The van der Waals surface area contributed by atoms with Gasteiger partial charge in [-0.25, -0.2) is 4.79 Å². The molecule has 1 saturated carbocycles. The number of aliphatic hydroxyl groups is 1. The number of carbonyl (C=O) groups is 1. The third-order valence-electron chi connectivity index (χ3n) is 4.74. The van der Waals surface area contributed by atoms with Crippen molar-refractivity contribution >= 4 is 6.03 Å². The average molecular weight is 283 g/mol.